The number of carbonyl (C=O) groups excluding carboxylic acids is 1. The zero-order valence-electron chi connectivity index (χ0n) is 13.2. The Balaban J connectivity index is 2.43. The smallest absolute Gasteiger partial charge is 0.416 e. The number of halogens is 3. The van der Waals surface area contributed by atoms with Gasteiger partial charge in [-0.1, -0.05) is 18.2 Å². The lowest BCUT2D eigenvalue weighted by molar-refractivity contribution is -0.137. The van der Waals surface area contributed by atoms with Gasteiger partial charge in [0.25, 0.3) is 0 Å². The van der Waals surface area contributed by atoms with Crippen LogP contribution in [0.2, 0.25) is 0 Å². The lowest BCUT2D eigenvalue weighted by atomic mass is 10.1. The topological polar surface area (TPSA) is 41.6 Å². The van der Waals surface area contributed by atoms with E-state index in [0.717, 1.165) is 17.8 Å². The van der Waals surface area contributed by atoms with Crippen LogP contribution in [0, 0.1) is 0 Å². The molecule has 0 bridgehead atoms. The maximum absolute atomic E-state index is 13.0. The number of amides is 1. The van der Waals surface area contributed by atoms with Crippen LogP contribution in [0.4, 0.5) is 35.0 Å². The summed E-state index contributed by atoms with van der Waals surface area (Å²) < 4.78 is 43.6. The van der Waals surface area contributed by atoms with Crippen molar-refractivity contribution in [1.82, 2.24) is 0 Å². The summed E-state index contributed by atoms with van der Waals surface area (Å²) in [6.07, 6.45) is -5.31. The normalized spacial score (nSPS) is 11.0. The first-order chi connectivity index (χ1) is 11.3. The van der Waals surface area contributed by atoms with Crippen LogP contribution in [0.5, 0.6) is 0 Å². The van der Waals surface area contributed by atoms with Gasteiger partial charge >= 0.3 is 12.3 Å². The number of benzene rings is 2. The van der Waals surface area contributed by atoms with Gasteiger partial charge in [-0.15, -0.1) is 0 Å². The van der Waals surface area contributed by atoms with Gasteiger partial charge in [0.1, 0.15) is 0 Å². The van der Waals surface area contributed by atoms with Gasteiger partial charge in [-0.3, -0.25) is 5.32 Å². The van der Waals surface area contributed by atoms with Crippen LogP contribution in [0.3, 0.4) is 0 Å². The Morgan fingerprint density at radius 1 is 1.17 bits per heavy atom. The largest absolute Gasteiger partial charge is 0.450 e. The highest BCUT2D eigenvalue weighted by atomic mass is 19.4. The number of nitrogens with one attached hydrogen (secondary N) is 1. The summed E-state index contributed by atoms with van der Waals surface area (Å²) in [6.45, 7) is 1.73. The van der Waals surface area contributed by atoms with Crippen molar-refractivity contribution in [3.63, 3.8) is 0 Å². The highest BCUT2D eigenvalue weighted by Crippen LogP contribution is 2.37. The van der Waals surface area contributed by atoms with Crippen molar-refractivity contribution in [2.24, 2.45) is 0 Å². The summed E-state index contributed by atoms with van der Waals surface area (Å²) in [7, 11) is 1.70. The number of rotatable bonds is 4. The van der Waals surface area contributed by atoms with Gasteiger partial charge in [0.05, 0.1) is 23.5 Å². The molecule has 0 aromatic heterocycles. The van der Waals surface area contributed by atoms with Gasteiger partial charge < -0.3 is 9.64 Å². The molecule has 4 nitrogen and oxygen atoms in total. The van der Waals surface area contributed by atoms with Crippen molar-refractivity contribution in [3.8, 4) is 0 Å². The molecule has 0 aliphatic carbocycles. The molecule has 0 unspecified atom stereocenters. The summed E-state index contributed by atoms with van der Waals surface area (Å²) in [6, 6.07) is 12.3. The molecule has 2 rings (SSSR count). The fourth-order valence-corrected chi connectivity index (χ4v) is 2.17. The molecular formula is C17H17F3N2O2. The zero-order chi connectivity index (χ0) is 17.7. The zero-order valence-corrected chi connectivity index (χ0v) is 13.2. The second-order valence-corrected chi connectivity index (χ2v) is 4.97. The van der Waals surface area contributed by atoms with Crippen molar-refractivity contribution in [2.75, 3.05) is 23.9 Å². The summed E-state index contributed by atoms with van der Waals surface area (Å²) in [5.41, 5.74) is 0.362. The van der Waals surface area contributed by atoms with E-state index in [4.69, 9.17) is 4.74 Å². The molecule has 2 aromatic carbocycles. The molecule has 24 heavy (non-hydrogen) atoms. The number of alkyl halides is 3. The third-order valence-electron chi connectivity index (χ3n) is 3.34. The predicted molar refractivity (Wildman–Crippen MR) is 86.6 cm³/mol. The van der Waals surface area contributed by atoms with Gasteiger partial charge in [0.2, 0.25) is 0 Å². The van der Waals surface area contributed by atoms with E-state index < -0.39 is 17.8 Å². The Morgan fingerprint density at radius 2 is 1.83 bits per heavy atom. The number of para-hydroxylation sites is 1. The first-order valence-corrected chi connectivity index (χ1v) is 7.26. The van der Waals surface area contributed by atoms with Crippen LogP contribution in [-0.2, 0) is 10.9 Å². The minimum absolute atomic E-state index is 0.0228. The van der Waals surface area contributed by atoms with Crippen LogP contribution in [0.1, 0.15) is 12.5 Å². The van der Waals surface area contributed by atoms with E-state index in [1.165, 1.54) is 6.07 Å². The first kappa shape index (κ1) is 17.7. The second-order valence-electron chi connectivity index (χ2n) is 4.97. The van der Waals surface area contributed by atoms with Crippen molar-refractivity contribution in [3.05, 3.63) is 54.1 Å². The number of anilines is 3. The SMILES string of the molecule is CCOC(=O)Nc1cc(C(F)(F)F)ccc1N(C)c1ccccc1. The van der Waals surface area contributed by atoms with Crippen LogP contribution in [-0.4, -0.2) is 19.7 Å². The fourth-order valence-electron chi connectivity index (χ4n) is 2.17. The molecule has 7 heteroatoms. The average Bonchev–Trinajstić information content (AvgIpc) is 2.54. The van der Waals surface area contributed by atoms with Crippen LogP contribution >= 0.6 is 0 Å². The van der Waals surface area contributed by atoms with E-state index in [-0.39, 0.29) is 12.3 Å². The summed E-state index contributed by atoms with van der Waals surface area (Å²) >= 11 is 0. The number of ether oxygens (including phenoxy) is 1. The summed E-state index contributed by atoms with van der Waals surface area (Å²) in [5.74, 6) is 0. The summed E-state index contributed by atoms with van der Waals surface area (Å²) in [5, 5.41) is 2.37. The van der Waals surface area contributed by atoms with Crippen molar-refractivity contribution >= 4 is 23.2 Å². The van der Waals surface area contributed by atoms with Crippen LogP contribution in [0.15, 0.2) is 48.5 Å². The van der Waals surface area contributed by atoms with E-state index in [0.29, 0.717) is 5.69 Å². The van der Waals surface area contributed by atoms with Gasteiger partial charge in [0, 0.05) is 12.7 Å². The third kappa shape index (κ3) is 4.18. The van der Waals surface area contributed by atoms with Gasteiger partial charge in [-0.2, -0.15) is 13.2 Å². The highest BCUT2D eigenvalue weighted by Gasteiger charge is 2.31. The Kier molecular flexibility index (Phi) is 5.33. The lowest BCUT2D eigenvalue weighted by Crippen LogP contribution is -2.18. The Bertz CT molecular complexity index is 703. The minimum atomic E-state index is -4.51. The van der Waals surface area contributed by atoms with Gasteiger partial charge in [-0.05, 0) is 37.3 Å². The van der Waals surface area contributed by atoms with Crippen molar-refractivity contribution in [2.45, 2.75) is 13.1 Å². The molecule has 0 heterocycles. The maximum atomic E-state index is 13.0. The minimum Gasteiger partial charge on any atom is -0.450 e. The number of carbonyl (C=O) groups is 1. The Labute approximate surface area is 137 Å². The van der Waals surface area contributed by atoms with Crippen LogP contribution < -0.4 is 10.2 Å². The van der Waals surface area contributed by atoms with E-state index in [1.54, 1.807) is 18.9 Å². The molecule has 0 spiro atoms. The number of hydrogen-bond donors (Lipinski definition) is 1. The van der Waals surface area contributed by atoms with Crippen molar-refractivity contribution in [1.29, 1.82) is 0 Å². The molecule has 0 fully saturated rings. The standard InChI is InChI=1S/C17H17F3N2O2/c1-3-24-16(23)21-14-11-12(17(18,19)20)9-10-15(14)22(2)13-7-5-4-6-8-13/h4-11H,3H2,1-2H3,(H,21,23). The molecule has 1 amide bonds. The van der Waals surface area contributed by atoms with Gasteiger partial charge in [0.15, 0.2) is 0 Å². The number of hydrogen-bond acceptors (Lipinski definition) is 3. The van der Waals surface area contributed by atoms with Crippen LogP contribution in [0.25, 0.3) is 0 Å². The predicted octanol–water partition coefficient (Wildman–Crippen LogP) is 5.04. The van der Waals surface area contributed by atoms with E-state index in [1.807, 2.05) is 30.3 Å². The molecule has 1 N–H and O–H groups in total. The van der Waals surface area contributed by atoms with E-state index >= 15 is 0 Å². The molecule has 128 valence electrons. The quantitative estimate of drug-likeness (QED) is 0.849. The molecule has 0 atom stereocenters. The molecule has 2 aromatic rings. The van der Waals surface area contributed by atoms with Gasteiger partial charge in [-0.25, -0.2) is 4.79 Å². The van der Waals surface area contributed by atoms with E-state index in [9.17, 15) is 18.0 Å². The molecule has 0 aliphatic rings. The Hall–Kier alpha value is -2.70. The summed E-state index contributed by atoms with van der Waals surface area (Å²) in [4.78, 5) is 13.3. The fraction of sp³-hybridized carbons (Fsp3) is 0.235. The van der Waals surface area contributed by atoms with E-state index in [2.05, 4.69) is 5.32 Å². The monoisotopic (exact) mass is 338 g/mol. The molecular weight excluding hydrogens is 321 g/mol. The van der Waals surface area contributed by atoms with Crippen molar-refractivity contribution < 1.29 is 22.7 Å². The molecule has 0 saturated heterocycles. The molecule has 0 aliphatic heterocycles. The second kappa shape index (κ2) is 7.25. The third-order valence-corrected chi connectivity index (χ3v) is 3.34. The molecule has 0 saturated carbocycles. The maximum Gasteiger partial charge on any atom is 0.416 e. The highest BCUT2D eigenvalue weighted by molar-refractivity contribution is 5.91. The Morgan fingerprint density at radius 3 is 2.42 bits per heavy atom. The number of nitrogens with zero attached hydrogens (tertiary/aromatic N) is 1. The average molecular weight is 338 g/mol. The lowest BCUT2D eigenvalue weighted by Gasteiger charge is -2.23. The first-order valence-electron chi connectivity index (χ1n) is 7.26. The molecule has 0 radical (unpaired) electrons.